The van der Waals surface area contributed by atoms with Crippen LogP contribution in [0.2, 0.25) is 0 Å². The van der Waals surface area contributed by atoms with E-state index in [-0.39, 0.29) is 6.10 Å². The standard InChI is InChI=1S/C48H86O2/c1-12-17-19-22-47(11,15-4)43-30-42(46-38(10)48(46,16-5)23-20-18-21-39(13-2)14-3)44(49-32-40-26-34(6)24-35(7)27-40)31-45(43)50-33-41-28-36(8)25-37(9)29-41/h21,34-38,40-41,43,45-46H,12-20,22-33H2,1-11H3. The molecule has 3 fully saturated rings. The Morgan fingerprint density at radius 2 is 1.36 bits per heavy atom. The molecule has 2 nitrogen and oxygen atoms in total. The van der Waals surface area contributed by atoms with E-state index in [1.807, 2.05) is 0 Å². The van der Waals surface area contributed by atoms with Crippen LogP contribution in [0.3, 0.4) is 0 Å². The Balaban J connectivity index is 1.64. The van der Waals surface area contributed by atoms with Crippen molar-refractivity contribution in [1.29, 1.82) is 0 Å². The van der Waals surface area contributed by atoms with Gasteiger partial charge < -0.3 is 9.47 Å². The van der Waals surface area contributed by atoms with E-state index in [0.717, 1.165) is 49.2 Å². The Labute approximate surface area is 313 Å². The molecule has 4 rings (SSSR count). The third-order valence-corrected chi connectivity index (χ3v) is 15.4. The molecule has 3 saturated carbocycles. The highest BCUT2D eigenvalue weighted by Gasteiger charge is 2.62. The second kappa shape index (κ2) is 19.5. The van der Waals surface area contributed by atoms with Gasteiger partial charge in [-0.05, 0) is 160 Å². The van der Waals surface area contributed by atoms with Crippen LogP contribution in [-0.2, 0) is 9.47 Å². The lowest BCUT2D eigenvalue weighted by Gasteiger charge is -2.46. The first-order valence-corrected chi connectivity index (χ1v) is 22.6. The second-order valence-electron chi connectivity index (χ2n) is 19.5. The van der Waals surface area contributed by atoms with Gasteiger partial charge in [-0.15, -0.1) is 0 Å². The number of unbranched alkanes of at least 4 members (excludes halogenated alkanes) is 3. The average Bonchev–Trinajstić information content (AvgIpc) is 3.67. The maximum Gasteiger partial charge on any atom is 0.0981 e. The van der Waals surface area contributed by atoms with E-state index in [4.69, 9.17) is 9.47 Å². The normalized spacial score (nSPS) is 37.3. The van der Waals surface area contributed by atoms with Crippen LogP contribution in [0.4, 0.5) is 0 Å². The lowest BCUT2D eigenvalue weighted by molar-refractivity contribution is -0.0732. The van der Waals surface area contributed by atoms with Crippen LogP contribution in [0, 0.1) is 64.1 Å². The second-order valence-corrected chi connectivity index (χ2v) is 19.5. The van der Waals surface area contributed by atoms with Crippen molar-refractivity contribution in [3.05, 3.63) is 23.0 Å². The van der Waals surface area contributed by atoms with Crippen molar-refractivity contribution in [3.63, 3.8) is 0 Å². The van der Waals surface area contributed by atoms with Gasteiger partial charge in [0.1, 0.15) is 0 Å². The summed E-state index contributed by atoms with van der Waals surface area (Å²) < 4.78 is 14.5. The molecule has 2 heteroatoms. The molecular formula is C48H86O2. The minimum Gasteiger partial charge on any atom is -0.498 e. The van der Waals surface area contributed by atoms with E-state index in [2.05, 4.69) is 82.2 Å². The summed E-state index contributed by atoms with van der Waals surface area (Å²) in [5.41, 5.74) is 4.14. The van der Waals surface area contributed by atoms with Crippen molar-refractivity contribution >= 4 is 0 Å². The quantitative estimate of drug-likeness (QED) is 0.0933. The summed E-state index contributed by atoms with van der Waals surface area (Å²) in [6.07, 6.45) is 27.5. The predicted octanol–water partition coefficient (Wildman–Crippen LogP) is 14.8. The van der Waals surface area contributed by atoms with E-state index in [9.17, 15) is 0 Å². The Bertz CT molecular complexity index is 1050. The van der Waals surface area contributed by atoms with Crippen LogP contribution in [0.25, 0.3) is 0 Å². The Hall–Kier alpha value is -0.760. The zero-order chi connectivity index (χ0) is 36.5. The molecule has 0 spiro atoms. The number of hydrogen-bond acceptors (Lipinski definition) is 2. The SMILES string of the molecule is CCCCCC(C)(CC)C1CC(C2C(C)C2(CC)CCCC=C(CC)CC)=C(OCC2CC(C)CC(C)C2)CC1OCC1CC(C)CC(C)C1. The van der Waals surface area contributed by atoms with Gasteiger partial charge in [0.25, 0.3) is 0 Å². The van der Waals surface area contributed by atoms with Gasteiger partial charge in [-0.25, -0.2) is 0 Å². The summed E-state index contributed by atoms with van der Waals surface area (Å²) >= 11 is 0. The third-order valence-electron chi connectivity index (χ3n) is 15.4. The molecule has 50 heavy (non-hydrogen) atoms. The van der Waals surface area contributed by atoms with E-state index in [1.165, 1.54) is 121 Å². The highest BCUT2D eigenvalue weighted by atomic mass is 16.5. The van der Waals surface area contributed by atoms with Gasteiger partial charge in [-0.1, -0.05) is 113 Å². The molecule has 0 heterocycles. The first-order chi connectivity index (χ1) is 23.9. The summed E-state index contributed by atoms with van der Waals surface area (Å²) in [6, 6.07) is 0. The molecule has 0 saturated heterocycles. The molecule has 0 aromatic rings. The van der Waals surface area contributed by atoms with Crippen molar-refractivity contribution in [3.8, 4) is 0 Å². The zero-order valence-corrected chi connectivity index (χ0v) is 35.5. The zero-order valence-electron chi connectivity index (χ0n) is 35.5. The molecule has 0 aromatic heterocycles. The van der Waals surface area contributed by atoms with Crippen LogP contribution in [-0.4, -0.2) is 19.3 Å². The minimum absolute atomic E-state index is 0.286. The molecule has 0 bridgehead atoms. The fourth-order valence-electron chi connectivity index (χ4n) is 12.4. The molecule has 0 aromatic carbocycles. The lowest BCUT2D eigenvalue weighted by Crippen LogP contribution is -2.42. The van der Waals surface area contributed by atoms with Crippen LogP contribution in [0.15, 0.2) is 23.0 Å². The molecule has 0 radical (unpaired) electrons. The fourth-order valence-corrected chi connectivity index (χ4v) is 12.4. The van der Waals surface area contributed by atoms with Crippen molar-refractivity contribution < 1.29 is 9.47 Å². The number of allylic oxidation sites excluding steroid dienone is 3. The third kappa shape index (κ3) is 10.7. The molecule has 4 aliphatic carbocycles. The predicted molar refractivity (Wildman–Crippen MR) is 217 cm³/mol. The van der Waals surface area contributed by atoms with Crippen molar-refractivity contribution in [2.24, 2.45) is 64.1 Å². The first kappa shape index (κ1) is 42.0. The number of hydrogen-bond donors (Lipinski definition) is 0. The molecule has 10 atom stereocenters. The Morgan fingerprint density at radius 1 is 0.760 bits per heavy atom. The van der Waals surface area contributed by atoms with Crippen LogP contribution in [0.1, 0.15) is 198 Å². The van der Waals surface area contributed by atoms with Gasteiger partial charge in [-0.2, -0.15) is 0 Å². The summed E-state index contributed by atoms with van der Waals surface area (Å²) in [7, 11) is 0. The Kier molecular flexibility index (Phi) is 16.4. The first-order valence-electron chi connectivity index (χ1n) is 22.6. The summed E-state index contributed by atoms with van der Waals surface area (Å²) in [5, 5.41) is 0. The van der Waals surface area contributed by atoms with E-state index >= 15 is 0 Å². The smallest absolute Gasteiger partial charge is 0.0981 e. The molecule has 0 aliphatic heterocycles. The number of ether oxygens (including phenoxy) is 2. The van der Waals surface area contributed by atoms with Gasteiger partial charge in [0.15, 0.2) is 0 Å². The van der Waals surface area contributed by atoms with E-state index in [1.54, 1.807) is 11.1 Å². The fraction of sp³-hybridized carbons (Fsp3) is 0.917. The highest BCUT2D eigenvalue weighted by Crippen LogP contribution is 2.69. The van der Waals surface area contributed by atoms with Gasteiger partial charge in [-0.3, -0.25) is 0 Å². The lowest BCUT2D eigenvalue weighted by atomic mass is 9.63. The monoisotopic (exact) mass is 695 g/mol. The van der Waals surface area contributed by atoms with Crippen molar-refractivity contribution in [2.75, 3.05) is 13.2 Å². The molecule has 290 valence electrons. The minimum atomic E-state index is 0.286. The van der Waals surface area contributed by atoms with E-state index < -0.39 is 0 Å². The van der Waals surface area contributed by atoms with Crippen LogP contribution >= 0.6 is 0 Å². The molecule has 4 aliphatic rings. The Morgan fingerprint density at radius 3 is 1.90 bits per heavy atom. The molecule has 0 N–H and O–H groups in total. The van der Waals surface area contributed by atoms with E-state index in [0.29, 0.717) is 34.5 Å². The topological polar surface area (TPSA) is 18.5 Å². The van der Waals surface area contributed by atoms with Gasteiger partial charge >= 0.3 is 0 Å². The summed E-state index contributed by atoms with van der Waals surface area (Å²) in [6.45, 7) is 29.0. The van der Waals surface area contributed by atoms with Crippen LogP contribution < -0.4 is 0 Å². The summed E-state index contributed by atoms with van der Waals surface area (Å²) in [5.74, 6) is 8.15. The largest absolute Gasteiger partial charge is 0.498 e. The maximum atomic E-state index is 7.30. The van der Waals surface area contributed by atoms with Crippen molar-refractivity contribution in [1.82, 2.24) is 0 Å². The molecular weight excluding hydrogens is 609 g/mol. The summed E-state index contributed by atoms with van der Waals surface area (Å²) in [4.78, 5) is 0. The van der Waals surface area contributed by atoms with Gasteiger partial charge in [0, 0.05) is 13.0 Å². The van der Waals surface area contributed by atoms with Crippen molar-refractivity contribution in [2.45, 2.75) is 204 Å². The maximum absolute atomic E-state index is 7.30. The molecule has 0 amide bonds. The average molecular weight is 695 g/mol. The molecule has 10 unspecified atom stereocenters. The van der Waals surface area contributed by atoms with Gasteiger partial charge in [0.2, 0.25) is 0 Å². The van der Waals surface area contributed by atoms with Crippen LogP contribution in [0.5, 0.6) is 0 Å². The highest BCUT2D eigenvalue weighted by molar-refractivity contribution is 5.31. The van der Waals surface area contributed by atoms with Gasteiger partial charge in [0.05, 0.1) is 18.5 Å². The number of rotatable bonds is 20.